The minimum absolute atomic E-state index is 0.232. The minimum Gasteiger partial charge on any atom is -0.232 e. The van der Waals surface area contributed by atoms with E-state index in [0.29, 0.717) is 10.0 Å². The fourth-order valence-electron chi connectivity index (χ4n) is 0.856. The van der Waals surface area contributed by atoms with Crippen molar-refractivity contribution in [3.63, 3.8) is 0 Å². The molecule has 0 aliphatic rings. The summed E-state index contributed by atoms with van der Waals surface area (Å²) in [5, 5.41) is 11.3. The summed E-state index contributed by atoms with van der Waals surface area (Å²) in [6.07, 6.45) is 3.22. The predicted octanol–water partition coefficient (Wildman–Crippen LogP) is 3.44. The third-order valence-electron chi connectivity index (χ3n) is 1.29. The fraction of sp³-hybridized carbons (Fsp3) is 0.111. The molecule has 0 amide bonds. The zero-order valence-corrected chi connectivity index (χ0v) is 7.77. The number of benzene rings is 1. The van der Waals surface area contributed by atoms with Gasteiger partial charge in [-0.2, -0.15) is 0 Å². The van der Waals surface area contributed by atoms with Crippen LogP contribution in [0.3, 0.4) is 0 Å². The molecule has 0 heterocycles. The topological polar surface area (TPSA) is 19.9 Å². The van der Waals surface area contributed by atoms with Gasteiger partial charge in [-0.25, -0.2) is 5.11 Å². The van der Waals surface area contributed by atoms with Crippen LogP contribution < -0.4 is 0 Å². The van der Waals surface area contributed by atoms with E-state index in [1.165, 1.54) is 6.08 Å². The summed E-state index contributed by atoms with van der Waals surface area (Å²) in [4.78, 5) is 0. The summed E-state index contributed by atoms with van der Waals surface area (Å²) in [7, 11) is 0. The first kappa shape index (κ1) is 9.59. The van der Waals surface area contributed by atoms with Crippen LogP contribution in [0.4, 0.5) is 0 Å². The van der Waals surface area contributed by atoms with Crippen LogP contribution in [0.25, 0.3) is 6.08 Å². The highest BCUT2D eigenvalue weighted by Gasteiger charge is 1.93. The summed E-state index contributed by atoms with van der Waals surface area (Å²) in [6.45, 7) is -0.232. The summed E-state index contributed by atoms with van der Waals surface area (Å²) in [6, 6.07) is 5.15. The van der Waals surface area contributed by atoms with Crippen molar-refractivity contribution >= 4 is 29.3 Å². The first-order valence-electron chi connectivity index (χ1n) is 3.43. The Kier molecular flexibility index (Phi) is 3.60. The Hall–Kier alpha value is -0.500. The van der Waals surface area contributed by atoms with Crippen LogP contribution in [0.1, 0.15) is 5.56 Å². The lowest BCUT2D eigenvalue weighted by molar-refractivity contribution is 0.233. The van der Waals surface area contributed by atoms with Gasteiger partial charge in [-0.3, -0.25) is 0 Å². The van der Waals surface area contributed by atoms with Crippen LogP contribution in [-0.4, -0.2) is 6.61 Å². The largest absolute Gasteiger partial charge is 0.232 e. The third-order valence-corrected chi connectivity index (χ3v) is 1.73. The highest BCUT2D eigenvalue weighted by atomic mass is 35.5. The van der Waals surface area contributed by atoms with Crippen LogP contribution >= 0.6 is 23.2 Å². The Labute approximate surface area is 81.2 Å². The van der Waals surface area contributed by atoms with Gasteiger partial charge in [0.25, 0.3) is 0 Å². The molecule has 1 aromatic rings. The molecule has 0 atom stereocenters. The van der Waals surface area contributed by atoms with Crippen LogP contribution in [0.15, 0.2) is 24.3 Å². The van der Waals surface area contributed by atoms with Gasteiger partial charge in [-0.15, -0.1) is 0 Å². The van der Waals surface area contributed by atoms with Crippen molar-refractivity contribution in [3.05, 3.63) is 39.9 Å². The van der Waals surface area contributed by atoms with Crippen molar-refractivity contribution < 1.29 is 5.11 Å². The monoisotopic (exact) mass is 201 g/mol. The minimum atomic E-state index is -0.232. The fourth-order valence-corrected chi connectivity index (χ4v) is 1.40. The molecule has 0 unspecified atom stereocenters. The maximum atomic E-state index is 10.1. The molecule has 3 heteroatoms. The second-order valence-electron chi connectivity index (χ2n) is 2.27. The first-order chi connectivity index (χ1) is 5.72. The molecule has 0 aliphatic carbocycles. The molecular weight excluding hydrogens is 195 g/mol. The predicted molar refractivity (Wildman–Crippen MR) is 51.0 cm³/mol. The van der Waals surface area contributed by atoms with Crippen molar-refractivity contribution in [2.24, 2.45) is 0 Å². The van der Waals surface area contributed by atoms with E-state index in [-0.39, 0.29) is 6.61 Å². The molecule has 0 aromatic heterocycles. The summed E-state index contributed by atoms with van der Waals surface area (Å²) in [5.74, 6) is 0. The van der Waals surface area contributed by atoms with E-state index >= 15 is 0 Å². The van der Waals surface area contributed by atoms with Gasteiger partial charge in [0.1, 0.15) is 6.61 Å². The molecule has 1 aromatic carbocycles. The molecule has 12 heavy (non-hydrogen) atoms. The lowest BCUT2D eigenvalue weighted by Gasteiger charge is -1.95. The van der Waals surface area contributed by atoms with Crippen molar-refractivity contribution in [3.8, 4) is 0 Å². The van der Waals surface area contributed by atoms with Crippen LogP contribution in [0, 0.1) is 0 Å². The van der Waals surface area contributed by atoms with Crippen molar-refractivity contribution in [1.29, 1.82) is 0 Å². The molecule has 1 radical (unpaired) electrons. The maximum absolute atomic E-state index is 10.1. The molecule has 0 saturated heterocycles. The molecule has 0 saturated carbocycles. The normalized spacial score (nSPS) is 10.9. The highest BCUT2D eigenvalue weighted by molar-refractivity contribution is 6.34. The highest BCUT2D eigenvalue weighted by Crippen LogP contribution is 2.19. The smallest absolute Gasteiger partial charge is 0.101 e. The zero-order chi connectivity index (χ0) is 8.97. The average Bonchev–Trinajstić information content (AvgIpc) is 1.99. The Bertz CT molecular complexity index is 274. The summed E-state index contributed by atoms with van der Waals surface area (Å²) in [5.41, 5.74) is 0.850. The van der Waals surface area contributed by atoms with Crippen LogP contribution in [0.2, 0.25) is 10.0 Å². The zero-order valence-electron chi connectivity index (χ0n) is 6.26. The molecule has 63 valence electrons. The van der Waals surface area contributed by atoms with Gasteiger partial charge in [-0.1, -0.05) is 35.4 Å². The van der Waals surface area contributed by atoms with Gasteiger partial charge in [-0.05, 0) is 23.8 Å². The second-order valence-corrected chi connectivity index (χ2v) is 3.14. The average molecular weight is 202 g/mol. The number of hydrogen-bond donors (Lipinski definition) is 0. The van der Waals surface area contributed by atoms with Crippen LogP contribution in [-0.2, 0) is 5.11 Å². The van der Waals surface area contributed by atoms with Crippen LogP contribution in [0.5, 0.6) is 0 Å². The lowest BCUT2D eigenvalue weighted by atomic mass is 10.2. The second kappa shape index (κ2) is 4.51. The van der Waals surface area contributed by atoms with E-state index in [0.717, 1.165) is 5.56 Å². The first-order valence-corrected chi connectivity index (χ1v) is 4.18. The van der Waals surface area contributed by atoms with Gasteiger partial charge in [0.15, 0.2) is 0 Å². The van der Waals surface area contributed by atoms with Crippen molar-refractivity contribution in [2.75, 3.05) is 6.61 Å². The van der Waals surface area contributed by atoms with Gasteiger partial charge < -0.3 is 0 Å². The SMILES string of the molecule is [O]CC=Cc1cc(Cl)cc(Cl)c1. The van der Waals surface area contributed by atoms with E-state index in [9.17, 15) is 5.11 Å². The quantitative estimate of drug-likeness (QED) is 0.699. The summed E-state index contributed by atoms with van der Waals surface area (Å²) < 4.78 is 0. The molecule has 0 aliphatic heterocycles. The van der Waals surface area contributed by atoms with Gasteiger partial charge in [0.05, 0.1) is 0 Å². The van der Waals surface area contributed by atoms with E-state index in [2.05, 4.69) is 0 Å². The van der Waals surface area contributed by atoms with E-state index < -0.39 is 0 Å². The lowest BCUT2D eigenvalue weighted by Crippen LogP contribution is -1.74. The Morgan fingerprint density at radius 2 is 1.75 bits per heavy atom. The number of halogens is 2. The number of hydrogen-bond acceptors (Lipinski definition) is 0. The molecule has 0 spiro atoms. The molecular formula is C9H7Cl2O. The van der Waals surface area contributed by atoms with Crippen molar-refractivity contribution in [1.82, 2.24) is 0 Å². The standard InChI is InChI=1S/C9H7Cl2O/c10-8-4-7(2-1-3-12)5-9(11)6-8/h1-2,4-6H,3H2. The molecule has 1 rings (SSSR count). The van der Waals surface area contributed by atoms with E-state index in [1.54, 1.807) is 24.3 Å². The van der Waals surface area contributed by atoms with Gasteiger partial charge in [0.2, 0.25) is 0 Å². The molecule has 0 N–H and O–H groups in total. The van der Waals surface area contributed by atoms with E-state index in [1.807, 2.05) is 0 Å². The van der Waals surface area contributed by atoms with E-state index in [4.69, 9.17) is 23.2 Å². The molecule has 0 fully saturated rings. The third kappa shape index (κ3) is 2.86. The maximum Gasteiger partial charge on any atom is 0.101 e. The Morgan fingerprint density at radius 1 is 1.17 bits per heavy atom. The Morgan fingerprint density at radius 3 is 2.25 bits per heavy atom. The Balaban J connectivity index is 2.93. The van der Waals surface area contributed by atoms with Crippen molar-refractivity contribution in [2.45, 2.75) is 0 Å². The molecule has 1 nitrogen and oxygen atoms in total. The molecule has 0 bridgehead atoms. The number of rotatable bonds is 2. The van der Waals surface area contributed by atoms with Gasteiger partial charge in [0, 0.05) is 10.0 Å². The van der Waals surface area contributed by atoms with Gasteiger partial charge >= 0.3 is 0 Å². The summed E-state index contributed by atoms with van der Waals surface area (Å²) >= 11 is 11.5.